The Bertz CT molecular complexity index is 482. The summed E-state index contributed by atoms with van der Waals surface area (Å²) in [5.41, 5.74) is 1.08. The molecule has 2 bridgehead atoms. The molecule has 2 unspecified atom stereocenters. The first-order chi connectivity index (χ1) is 10.2. The first-order valence-corrected chi connectivity index (χ1v) is 8.72. The molecule has 21 heavy (non-hydrogen) atoms. The molecule has 0 radical (unpaired) electrons. The summed E-state index contributed by atoms with van der Waals surface area (Å²) in [6.07, 6.45) is 6.36. The van der Waals surface area contributed by atoms with Crippen molar-refractivity contribution in [3.63, 3.8) is 0 Å². The predicted octanol–water partition coefficient (Wildman–Crippen LogP) is 3.88. The van der Waals surface area contributed by atoms with Crippen molar-refractivity contribution in [1.29, 1.82) is 0 Å². The van der Waals surface area contributed by atoms with Crippen LogP contribution in [0.3, 0.4) is 0 Å². The van der Waals surface area contributed by atoms with Crippen LogP contribution in [0.5, 0.6) is 0 Å². The highest BCUT2D eigenvalue weighted by molar-refractivity contribution is 6.32. The van der Waals surface area contributed by atoms with E-state index in [0.29, 0.717) is 28.4 Å². The second kappa shape index (κ2) is 6.82. The highest BCUT2D eigenvalue weighted by atomic mass is 35.5. The van der Waals surface area contributed by atoms with Gasteiger partial charge in [-0.05, 0) is 44.7 Å². The van der Waals surface area contributed by atoms with Crippen LogP contribution in [0, 0.1) is 0 Å². The summed E-state index contributed by atoms with van der Waals surface area (Å²) in [4.78, 5) is 6.75. The van der Waals surface area contributed by atoms with Crippen molar-refractivity contribution in [3.8, 4) is 0 Å². The van der Waals surface area contributed by atoms with Gasteiger partial charge in [0.25, 0.3) is 0 Å². The summed E-state index contributed by atoms with van der Waals surface area (Å²) in [6, 6.07) is 5.93. The molecule has 5 heteroatoms. The van der Waals surface area contributed by atoms with E-state index in [1.54, 1.807) is 0 Å². The van der Waals surface area contributed by atoms with Gasteiger partial charge in [-0.15, -0.1) is 0 Å². The molecule has 3 rings (SSSR count). The molecule has 3 nitrogen and oxygen atoms in total. The number of piperidine rings is 1. The zero-order chi connectivity index (χ0) is 14.8. The van der Waals surface area contributed by atoms with Crippen LogP contribution in [0.1, 0.15) is 44.6 Å². The van der Waals surface area contributed by atoms with Gasteiger partial charge in [-0.3, -0.25) is 4.90 Å². The second-order valence-electron chi connectivity index (χ2n) is 6.32. The maximum absolute atomic E-state index is 6.25. The van der Waals surface area contributed by atoms with Gasteiger partial charge in [0.1, 0.15) is 10.3 Å². The van der Waals surface area contributed by atoms with E-state index < -0.39 is 0 Å². The van der Waals surface area contributed by atoms with E-state index in [0.717, 1.165) is 25.1 Å². The molecule has 1 aromatic heterocycles. The number of nitrogens with zero attached hydrogens (tertiary/aromatic N) is 2. The van der Waals surface area contributed by atoms with Crippen LogP contribution in [0.2, 0.25) is 10.3 Å². The van der Waals surface area contributed by atoms with Crippen LogP contribution >= 0.6 is 23.2 Å². The van der Waals surface area contributed by atoms with E-state index in [1.165, 1.54) is 25.7 Å². The minimum absolute atomic E-state index is 0.464. The highest BCUT2D eigenvalue weighted by Crippen LogP contribution is 2.31. The third kappa shape index (κ3) is 3.70. The van der Waals surface area contributed by atoms with E-state index in [1.807, 2.05) is 12.1 Å². The summed E-state index contributed by atoms with van der Waals surface area (Å²) in [5, 5.41) is 4.72. The number of halogens is 2. The molecule has 0 spiro atoms. The zero-order valence-corrected chi connectivity index (χ0v) is 14.0. The first kappa shape index (κ1) is 15.5. The topological polar surface area (TPSA) is 28.2 Å². The Hall–Kier alpha value is -0.350. The van der Waals surface area contributed by atoms with Crippen LogP contribution < -0.4 is 5.32 Å². The fraction of sp³-hybridized carbons (Fsp3) is 0.688. The first-order valence-electron chi connectivity index (χ1n) is 7.96. The Balaban J connectivity index is 1.72. The second-order valence-corrected chi connectivity index (χ2v) is 7.06. The van der Waals surface area contributed by atoms with Gasteiger partial charge in [-0.25, -0.2) is 4.98 Å². The van der Waals surface area contributed by atoms with Gasteiger partial charge in [-0.1, -0.05) is 36.2 Å². The molecule has 2 fully saturated rings. The molecule has 1 N–H and O–H groups in total. The molecule has 116 valence electrons. The molecule has 2 aliphatic rings. The zero-order valence-electron chi connectivity index (χ0n) is 12.5. The average Bonchev–Trinajstić information content (AvgIpc) is 2.79. The van der Waals surface area contributed by atoms with Gasteiger partial charge in [0.2, 0.25) is 0 Å². The van der Waals surface area contributed by atoms with Crippen LogP contribution in [0.25, 0.3) is 0 Å². The summed E-state index contributed by atoms with van der Waals surface area (Å²) >= 11 is 12.1. The van der Waals surface area contributed by atoms with E-state index in [9.17, 15) is 0 Å². The number of fused-ring (bicyclic) bond motifs is 2. The number of hydrogen-bond donors (Lipinski definition) is 1. The van der Waals surface area contributed by atoms with Gasteiger partial charge < -0.3 is 5.32 Å². The van der Waals surface area contributed by atoms with E-state index in [4.69, 9.17) is 23.2 Å². The minimum atomic E-state index is 0.464. The van der Waals surface area contributed by atoms with Crippen molar-refractivity contribution in [3.05, 3.63) is 28.0 Å². The Kier molecular flexibility index (Phi) is 5.05. The van der Waals surface area contributed by atoms with Crippen molar-refractivity contribution in [2.75, 3.05) is 6.54 Å². The van der Waals surface area contributed by atoms with Gasteiger partial charge >= 0.3 is 0 Å². The monoisotopic (exact) mass is 327 g/mol. The lowest BCUT2D eigenvalue weighted by atomic mass is 9.97. The predicted molar refractivity (Wildman–Crippen MR) is 87.9 cm³/mol. The van der Waals surface area contributed by atoms with Crippen LogP contribution in [0.4, 0.5) is 0 Å². The van der Waals surface area contributed by atoms with E-state index in [-0.39, 0.29) is 0 Å². The van der Waals surface area contributed by atoms with Crippen molar-refractivity contribution >= 4 is 23.2 Å². The third-order valence-electron chi connectivity index (χ3n) is 4.74. The molecule has 0 amide bonds. The average molecular weight is 328 g/mol. The van der Waals surface area contributed by atoms with Crippen molar-refractivity contribution in [2.24, 2.45) is 0 Å². The molecule has 0 aliphatic carbocycles. The molecule has 2 aliphatic heterocycles. The minimum Gasteiger partial charge on any atom is -0.311 e. The maximum Gasteiger partial charge on any atom is 0.135 e. The molecule has 0 aromatic carbocycles. The SMILES string of the molecule is CCCN(Cc1ccc(Cl)nc1Cl)C1CC2CCC(C1)N2. The molecule has 3 heterocycles. The van der Waals surface area contributed by atoms with E-state index >= 15 is 0 Å². The number of pyridine rings is 1. The van der Waals surface area contributed by atoms with Gasteiger partial charge in [0, 0.05) is 30.2 Å². The molecular weight excluding hydrogens is 305 g/mol. The Morgan fingerprint density at radius 2 is 1.95 bits per heavy atom. The van der Waals surface area contributed by atoms with Crippen LogP contribution in [-0.4, -0.2) is 34.6 Å². The van der Waals surface area contributed by atoms with Gasteiger partial charge in [0.05, 0.1) is 0 Å². The standard InChI is InChI=1S/C16H23Cl2N3/c1-2-7-21(10-11-3-6-15(17)20-16(11)18)14-8-12-4-5-13(9-14)19-12/h3,6,12-14,19H,2,4-5,7-10H2,1H3. The fourth-order valence-corrected chi connectivity index (χ4v) is 4.19. The maximum atomic E-state index is 6.25. The Morgan fingerprint density at radius 1 is 1.24 bits per heavy atom. The Labute approximate surface area is 137 Å². The smallest absolute Gasteiger partial charge is 0.135 e. The molecule has 2 atom stereocenters. The summed E-state index contributed by atoms with van der Waals surface area (Å²) in [7, 11) is 0. The molecule has 2 saturated heterocycles. The van der Waals surface area contributed by atoms with Crippen LogP contribution in [0.15, 0.2) is 12.1 Å². The van der Waals surface area contributed by atoms with Crippen molar-refractivity contribution in [2.45, 2.75) is 63.7 Å². The molecule has 0 saturated carbocycles. The summed E-state index contributed by atoms with van der Waals surface area (Å²) < 4.78 is 0. The summed E-state index contributed by atoms with van der Waals surface area (Å²) in [6.45, 7) is 4.23. The Morgan fingerprint density at radius 3 is 2.57 bits per heavy atom. The molecule has 1 aromatic rings. The lowest BCUT2D eigenvalue weighted by molar-refractivity contribution is 0.134. The van der Waals surface area contributed by atoms with Crippen LogP contribution in [-0.2, 0) is 6.54 Å². The number of nitrogens with one attached hydrogen (secondary N) is 1. The number of hydrogen-bond acceptors (Lipinski definition) is 3. The van der Waals surface area contributed by atoms with Crippen molar-refractivity contribution in [1.82, 2.24) is 15.2 Å². The van der Waals surface area contributed by atoms with E-state index in [2.05, 4.69) is 22.1 Å². The lowest BCUT2D eigenvalue weighted by Gasteiger charge is -2.38. The summed E-state index contributed by atoms with van der Waals surface area (Å²) in [5.74, 6) is 0. The largest absolute Gasteiger partial charge is 0.311 e. The van der Waals surface area contributed by atoms with Crippen molar-refractivity contribution < 1.29 is 0 Å². The number of rotatable bonds is 5. The third-order valence-corrected chi connectivity index (χ3v) is 5.28. The normalized spacial score (nSPS) is 28.3. The quantitative estimate of drug-likeness (QED) is 0.832. The molecular formula is C16H23Cl2N3. The number of aromatic nitrogens is 1. The highest BCUT2D eigenvalue weighted by Gasteiger charge is 2.35. The van der Waals surface area contributed by atoms with Gasteiger partial charge in [-0.2, -0.15) is 0 Å². The lowest BCUT2D eigenvalue weighted by Crippen LogP contribution is -2.48. The fourth-order valence-electron chi connectivity index (χ4n) is 3.78. The van der Waals surface area contributed by atoms with Gasteiger partial charge in [0.15, 0.2) is 0 Å².